The summed E-state index contributed by atoms with van der Waals surface area (Å²) in [5.41, 5.74) is -0.475. The van der Waals surface area contributed by atoms with Crippen LogP contribution in [0.1, 0.15) is 50.4 Å². The second kappa shape index (κ2) is 15.4. The van der Waals surface area contributed by atoms with Crippen LogP contribution in [0, 0.1) is 5.41 Å². The number of hydrogen-bond acceptors (Lipinski definition) is 9. The molecular weight excluding hydrogens is 430 g/mol. The number of esters is 3. The first-order chi connectivity index (χ1) is 15.8. The Labute approximate surface area is 195 Å². The van der Waals surface area contributed by atoms with E-state index in [2.05, 4.69) is 0 Å². The van der Waals surface area contributed by atoms with Gasteiger partial charge in [-0.3, -0.25) is 9.59 Å². The van der Waals surface area contributed by atoms with E-state index in [9.17, 15) is 19.5 Å². The zero-order chi connectivity index (χ0) is 24.7. The molecule has 186 valence electrons. The SMILES string of the molecule is CCC(=O)OCC(CC)(COC(=O)CCN(CC)CC(O)CO)COC(=O)c1ccccc1. The zero-order valence-corrected chi connectivity index (χ0v) is 19.8. The van der Waals surface area contributed by atoms with Gasteiger partial charge in [0.2, 0.25) is 0 Å². The molecule has 1 rings (SSSR count). The average molecular weight is 468 g/mol. The van der Waals surface area contributed by atoms with Gasteiger partial charge >= 0.3 is 17.9 Å². The average Bonchev–Trinajstić information content (AvgIpc) is 2.86. The van der Waals surface area contributed by atoms with E-state index in [4.69, 9.17) is 19.3 Å². The van der Waals surface area contributed by atoms with Crippen molar-refractivity contribution < 1.29 is 38.8 Å². The van der Waals surface area contributed by atoms with Gasteiger partial charge in [-0.05, 0) is 25.1 Å². The molecule has 1 aromatic carbocycles. The Kier molecular flexibility index (Phi) is 13.3. The van der Waals surface area contributed by atoms with Crippen molar-refractivity contribution in [1.29, 1.82) is 0 Å². The maximum absolute atomic E-state index is 12.4. The summed E-state index contributed by atoms with van der Waals surface area (Å²) >= 11 is 0. The predicted octanol–water partition coefficient (Wildman–Crippen LogP) is 1.80. The second-order valence-corrected chi connectivity index (χ2v) is 7.95. The van der Waals surface area contributed by atoms with Gasteiger partial charge in [-0.15, -0.1) is 0 Å². The lowest BCUT2D eigenvalue weighted by Crippen LogP contribution is -2.39. The third-order valence-corrected chi connectivity index (χ3v) is 5.40. The van der Waals surface area contributed by atoms with Crippen LogP contribution in [-0.2, 0) is 23.8 Å². The monoisotopic (exact) mass is 467 g/mol. The first-order valence-electron chi connectivity index (χ1n) is 11.3. The van der Waals surface area contributed by atoms with E-state index in [0.29, 0.717) is 25.1 Å². The first-order valence-corrected chi connectivity index (χ1v) is 11.3. The number of aliphatic hydroxyl groups excluding tert-OH is 2. The summed E-state index contributed by atoms with van der Waals surface area (Å²) < 4.78 is 16.3. The highest BCUT2D eigenvalue weighted by atomic mass is 16.6. The van der Waals surface area contributed by atoms with Crippen LogP contribution in [0.15, 0.2) is 30.3 Å². The number of benzene rings is 1. The number of aliphatic hydroxyl groups is 2. The molecule has 33 heavy (non-hydrogen) atoms. The van der Waals surface area contributed by atoms with Crippen LogP contribution < -0.4 is 0 Å². The summed E-state index contributed by atoms with van der Waals surface area (Å²) in [6.45, 7) is 6.08. The molecule has 1 aromatic rings. The lowest BCUT2D eigenvalue weighted by atomic mass is 9.88. The van der Waals surface area contributed by atoms with Crippen LogP contribution in [0.2, 0.25) is 0 Å². The Hall–Kier alpha value is -2.49. The van der Waals surface area contributed by atoms with Gasteiger partial charge in [0.05, 0.1) is 30.1 Å². The van der Waals surface area contributed by atoms with Crippen molar-refractivity contribution in [3.05, 3.63) is 35.9 Å². The van der Waals surface area contributed by atoms with Gasteiger partial charge in [0.1, 0.15) is 19.8 Å². The minimum Gasteiger partial charge on any atom is -0.465 e. The third kappa shape index (κ3) is 10.8. The fourth-order valence-electron chi connectivity index (χ4n) is 2.93. The number of ether oxygens (including phenoxy) is 3. The number of nitrogens with zero attached hydrogens (tertiary/aromatic N) is 1. The van der Waals surface area contributed by atoms with Crippen LogP contribution in [0.4, 0.5) is 0 Å². The highest BCUT2D eigenvalue weighted by Gasteiger charge is 2.34. The fraction of sp³-hybridized carbons (Fsp3) is 0.625. The van der Waals surface area contributed by atoms with E-state index in [1.165, 1.54) is 0 Å². The number of carbonyl (C=O) groups excluding carboxylic acids is 3. The van der Waals surface area contributed by atoms with Crippen molar-refractivity contribution in [3.63, 3.8) is 0 Å². The van der Waals surface area contributed by atoms with Crippen molar-refractivity contribution in [2.45, 2.75) is 46.1 Å². The molecule has 0 aliphatic heterocycles. The summed E-state index contributed by atoms with van der Waals surface area (Å²) in [5.74, 6) is -1.36. The number of likely N-dealkylation sites (N-methyl/N-ethyl adjacent to an activating group) is 1. The van der Waals surface area contributed by atoms with Gasteiger partial charge in [0, 0.05) is 19.5 Å². The van der Waals surface area contributed by atoms with E-state index in [-0.39, 0.29) is 45.8 Å². The molecule has 0 amide bonds. The minimum atomic E-state index is -0.874. The highest BCUT2D eigenvalue weighted by Crippen LogP contribution is 2.25. The first kappa shape index (κ1) is 28.5. The Morgan fingerprint density at radius 3 is 2.12 bits per heavy atom. The molecule has 0 saturated carbocycles. The summed E-state index contributed by atoms with van der Waals surface area (Å²) in [6.07, 6.45) is -0.134. The Morgan fingerprint density at radius 1 is 0.970 bits per heavy atom. The van der Waals surface area contributed by atoms with Gasteiger partial charge in [-0.25, -0.2) is 4.79 Å². The van der Waals surface area contributed by atoms with Gasteiger partial charge in [-0.2, -0.15) is 0 Å². The maximum Gasteiger partial charge on any atom is 0.338 e. The molecule has 0 aliphatic rings. The smallest absolute Gasteiger partial charge is 0.338 e. The number of carbonyl (C=O) groups is 3. The van der Waals surface area contributed by atoms with Crippen molar-refractivity contribution in [2.24, 2.45) is 5.41 Å². The third-order valence-electron chi connectivity index (χ3n) is 5.40. The van der Waals surface area contributed by atoms with E-state index in [1.807, 2.05) is 18.7 Å². The number of rotatable bonds is 16. The molecule has 0 aliphatic carbocycles. The molecule has 2 N–H and O–H groups in total. The van der Waals surface area contributed by atoms with Crippen LogP contribution in [-0.4, -0.2) is 85.2 Å². The molecule has 0 spiro atoms. The van der Waals surface area contributed by atoms with Crippen LogP contribution in [0.3, 0.4) is 0 Å². The predicted molar refractivity (Wildman–Crippen MR) is 121 cm³/mol. The van der Waals surface area contributed by atoms with Gasteiger partial charge < -0.3 is 29.3 Å². The summed E-state index contributed by atoms with van der Waals surface area (Å²) in [6, 6.07) is 8.53. The maximum atomic E-state index is 12.4. The molecule has 2 atom stereocenters. The van der Waals surface area contributed by atoms with E-state index >= 15 is 0 Å². The highest BCUT2D eigenvalue weighted by molar-refractivity contribution is 5.89. The normalized spacial score (nSPS) is 13.8. The van der Waals surface area contributed by atoms with Gasteiger partial charge in [-0.1, -0.05) is 39.0 Å². The Bertz CT molecular complexity index is 726. The van der Waals surface area contributed by atoms with Crippen molar-refractivity contribution in [1.82, 2.24) is 4.90 Å². The van der Waals surface area contributed by atoms with Gasteiger partial charge in [0.15, 0.2) is 0 Å². The molecular formula is C24H37NO8. The largest absolute Gasteiger partial charge is 0.465 e. The molecule has 9 nitrogen and oxygen atoms in total. The quantitative estimate of drug-likeness (QED) is 0.277. The fourth-order valence-corrected chi connectivity index (χ4v) is 2.93. The molecule has 0 radical (unpaired) electrons. The number of hydrogen-bond donors (Lipinski definition) is 2. The Balaban J connectivity index is 2.73. The summed E-state index contributed by atoms with van der Waals surface area (Å²) in [4.78, 5) is 38.3. The molecule has 0 bridgehead atoms. The molecule has 0 aromatic heterocycles. The van der Waals surface area contributed by atoms with E-state index in [1.54, 1.807) is 37.3 Å². The molecule has 9 heteroatoms. The summed E-state index contributed by atoms with van der Waals surface area (Å²) in [5, 5.41) is 18.6. The molecule has 0 heterocycles. The van der Waals surface area contributed by atoms with Crippen LogP contribution in [0.5, 0.6) is 0 Å². The lowest BCUT2D eigenvalue weighted by Gasteiger charge is -2.31. The van der Waals surface area contributed by atoms with E-state index in [0.717, 1.165) is 0 Å². The van der Waals surface area contributed by atoms with Crippen LogP contribution >= 0.6 is 0 Å². The zero-order valence-electron chi connectivity index (χ0n) is 19.8. The Morgan fingerprint density at radius 2 is 1.58 bits per heavy atom. The minimum absolute atomic E-state index is 0.0463. The van der Waals surface area contributed by atoms with Crippen LogP contribution in [0.25, 0.3) is 0 Å². The van der Waals surface area contributed by atoms with Crippen molar-refractivity contribution in [3.8, 4) is 0 Å². The second-order valence-electron chi connectivity index (χ2n) is 7.95. The standard InChI is InChI=1S/C24H37NO8/c1-4-21(28)31-16-24(5-2,18-33-23(30)19-10-8-7-9-11-19)17-32-22(29)12-13-25(6-3)14-20(27)15-26/h7-11,20,26-27H,4-6,12-18H2,1-3H3. The lowest BCUT2D eigenvalue weighted by molar-refractivity contribution is -0.156. The van der Waals surface area contributed by atoms with Crippen molar-refractivity contribution >= 4 is 17.9 Å². The summed E-state index contributed by atoms with van der Waals surface area (Å²) in [7, 11) is 0. The van der Waals surface area contributed by atoms with E-state index < -0.39 is 29.4 Å². The van der Waals surface area contributed by atoms with Crippen molar-refractivity contribution in [2.75, 3.05) is 46.1 Å². The molecule has 0 saturated heterocycles. The topological polar surface area (TPSA) is 123 Å². The molecule has 0 fully saturated rings. The van der Waals surface area contributed by atoms with Gasteiger partial charge in [0.25, 0.3) is 0 Å². The molecule has 2 unspecified atom stereocenters.